The molecule has 1 saturated carbocycles. The van der Waals surface area contributed by atoms with Crippen LogP contribution in [0, 0.1) is 5.92 Å². The largest absolute Gasteiger partial charge is 0.481 e. The molecule has 1 aliphatic carbocycles. The molecule has 2 atom stereocenters. The Hall–Kier alpha value is -0.570. The highest BCUT2D eigenvalue weighted by atomic mass is 16.5. The average Bonchev–Trinajstić information content (AvgIpc) is 2.42. The Morgan fingerprint density at radius 2 is 2.50 bits per heavy atom. The Kier molecular flexibility index (Phi) is 1.21. The number of hydrogen-bond donors (Lipinski definition) is 1. The summed E-state index contributed by atoms with van der Waals surface area (Å²) >= 11 is 0. The lowest BCUT2D eigenvalue weighted by atomic mass is 10.4. The number of hydrogen-bond acceptors (Lipinski definition) is 2. The lowest BCUT2D eigenvalue weighted by Gasteiger charge is -1.87. The minimum atomic E-state index is -0.739. The van der Waals surface area contributed by atoms with Gasteiger partial charge in [0.05, 0.1) is 12.0 Å². The van der Waals surface area contributed by atoms with Gasteiger partial charge in [0.1, 0.15) is 0 Å². The van der Waals surface area contributed by atoms with Gasteiger partial charge >= 0.3 is 5.97 Å². The molecule has 0 aromatic heterocycles. The van der Waals surface area contributed by atoms with Crippen LogP contribution in [0.25, 0.3) is 0 Å². The van der Waals surface area contributed by atoms with E-state index < -0.39 is 5.97 Å². The monoisotopic (exact) mass is 116 g/mol. The van der Waals surface area contributed by atoms with Crippen molar-refractivity contribution in [1.82, 2.24) is 0 Å². The predicted molar refractivity (Wildman–Crippen MR) is 26.5 cm³/mol. The van der Waals surface area contributed by atoms with E-state index in [1.54, 1.807) is 0 Å². The Labute approximate surface area is 47.3 Å². The second-order valence-corrected chi connectivity index (χ2v) is 1.95. The lowest BCUT2D eigenvalue weighted by molar-refractivity contribution is -0.139. The third kappa shape index (κ3) is 0.816. The molecular weight excluding hydrogens is 108 g/mol. The summed E-state index contributed by atoms with van der Waals surface area (Å²) in [5, 5.41) is 8.27. The number of aliphatic carboxylic acids is 1. The van der Waals surface area contributed by atoms with Crippen LogP contribution in [-0.4, -0.2) is 24.3 Å². The molecule has 0 radical (unpaired) electrons. The molecule has 0 aromatic rings. The molecule has 0 saturated heterocycles. The molecule has 0 unspecified atom stereocenters. The zero-order valence-electron chi connectivity index (χ0n) is 4.63. The van der Waals surface area contributed by atoms with Crippen LogP contribution in [0.4, 0.5) is 0 Å². The van der Waals surface area contributed by atoms with Gasteiger partial charge < -0.3 is 9.84 Å². The fourth-order valence-corrected chi connectivity index (χ4v) is 0.692. The lowest BCUT2D eigenvalue weighted by Crippen LogP contribution is -2.02. The molecule has 0 spiro atoms. The summed E-state index contributed by atoms with van der Waals surface area (Å²) in [7, 11) is 1.54. The smallest absolute Gasteiger partial charge is 0.309 e. The first-order valence-electron chi connectivity index (χ1n) is 2.51. The highest BCUT2D eigenvalue weighted by Crippen LogP contribution is 2.32. The van der Waals surface area contributed by atoms with Crippen LogP contribution in [0.1, 0.15) is 6.42 Å². The topological polar surface area (TPSA) is 46.5 Å². The van der Waals surface area contributed by atoms with Crippen LogP contribution >= 0.6 is 0 Å². The normalized spacial score (nSPS) is 34.6. The van der Waals surface area contributed by atoms with Gasteiger partial charge in [-0.3, -0.25) is 4.79 Å². The molecular formula is C5H8O3. The Morgan fingerprint density at radius 1 is 1.88 bits per heavy atom. The molecule has 1 fully saturated rings. The highest BCUT2D eigenvalue weighted by Gasteiger charge is 2.43. The van der Waals surface area contributed by atoms with Gasteiger partial charge in [0.15, 0.2) is 0 Å². The van der Waals surface area contributed by atoms with Crippen molar-refractivity contribution in [3.8, 4) is 0 Å². The van der Waals surface area contributed by atoms with E-state index in [9.17, 15) is 4.79 Å². The molecule has 1 N–H and O–H groups in total. The molecule has 8 heavy (non-hydrogen) atoms. The Morgan fingerprint density at radius 3 is 2.62 bits per heavy atom. The summed E-state index contributed by atoms with van der Waals surface area (Å²) in [6.45, 7) is 0. The van der Waals surface area contributed by atoms with Gasteiger partial charge in [0, 0.05) is 7.11 Å². The second kappa shape index (κ2) is 1.74. The summed E-state index contributed by atoms with van der Waals surface area (Å²) in [6, 6.07) is 0. The van der Waals surface area contributed by atoms with Crippen LogP contribution in [-0.2, 0) is 9.53 Å². The number of rotatable bonds is 2. The first-order valence-corrected chi connectivity index (χ1v) is 2.51. The summed E-state index contributed by atoms with van der Waals surface area (Å²) in [5.41, 5.74) is 0. The Bertz CT molecular complexity index is 110. The minimum absolute atomic E-state index is 0.00694. The number of ether oxygens (including phenoxy) is 1. The maximum atomic E-state index is 10.1. The first-order chi connectivity index (χ1) is 3.75. The van der Waals surface area contributed by atoms with E-state index in [1.165, 1.54) is 7.11 Å². The van der Waals surface area contributed by atoms with Gasteiger partial charge in [-0.25, -0.2) is 0 Å². The second-order valence-electron chi connectivity index (χ2n) is 1.95. The minimum Gasteiger partial charge on any atom is -0.481 e. The predicted octanol–water partition coefficient (Wildman–Crippen LogP) is 0.106. The fraction of sp³-hybridized carbons (Fsp3) is 0.800. The standard InChI is InChI=1S/C5H8O3/c1-8-4-2-3(4)5(6)7/h3-4H,2H2,1H3,(H,6,7)/t3-,4-/m1/s1. The van der Waals surface area contributed by atoms with E-state index in [1.807, 2.05) is 0 Å². The molecule has 0 heterocycles. The molecule has 3 heteroatoms. The average molecular weight is 116 g/mol. The first kappa shape index (κ1) is 5.56. The number of methoxy groups -OCH3 is 1. The molecule has 0 aromatic carbocycles. The maximum absolute atomic E-state index is 10.1. The van der Waals surface area contributed by atoms with Crippen molar-refractivity contribution in [3.63, 3.8) is 0 Å². The summed E-state index contributed by atoms with van der Waals surface area (Å²) < 4.78 is 4.75. The van der Waals surface area contributed by atoms with Crippen LogP contribution < -0.4 is 0 Å². The van der Waals surface area contributed by atoms with Crippen molar-refractivity contribution >= 4 is 5.97 Å². The van der Waals surface area contributed by atoms with Crippen molar-refractivity contribution in [2.75, 3.05) is 7.11 Å². The summed E-state index contributed by atoms with van der Waals surface area (Å²) in [4.78, 5) is 10.1. The number of carboxylic acid groups (broad SMARTS) is 1. The Balaban J connectivity index is 2.26. The summed E-state index contributed by atoms with van der Waals surface area (Å²) in [5.74, 6) is -0.961. The fourth-order valence-electron chi connectivity index (χ4n) is 0.692. The van der Waals surface area contributed by atoms with Gasteiger partial charge in [0.2, 0.25) is 0 Å². The van der Waals surface area contributed by atoms with Crippen molar-refractivity contribution in [2.45, 2.75) is 12.5 Å². The maximum Gasteiger partial charge on any atom is 0.309 e. The van der Waals surface area contributed by atoms with E-state index >= 15 is 0 Å². The van der Waals surface area contributed by atoms with Gasteiger partial charge in [-0.1, -0.05) is 0 Å². The number of carboxylic acids is 1. The van der Waals surface area contributed by atoms with Gasteiger partial charge in [-0.15, -0.1) is 0 Å². The van der Waals surface area contributed by atoms with E-state index in [-0.39, 0.29) is 12.0 Å². The number of carbonyl (C=O) groups is 1. The van der Waals surface area contributed by atoms with E-state index in [0.717, 1.165) is 0 Å². The molecule has 1 rings (SSSR count). The van der Waals surface area contributed by atoms with Crippen LogP contribution in [0.2, 0.25) is 0 Å². The van der Waals surface area contributed by atoms with Crippen molar-refractivity contribution < 1.29 is 14.6 Å². The SMILES string of the molecule is CO[C@@H]1C[C@H]1C(=O)O. The van der Waals surface area contributed by atoms with Crippen LogP contribution in [0.5, 0.6) is 0 Å². The molecule has 0 amide bonds. The molecule has 46 valence electrons. The molecule has 1 aliphatic rings. The van der Waals surface area contributed by atoms with Crippen molar-refractivity contribution in [1.29, 1.82) is 0 Å². The van der Waals surface area contributed by atoms with Gasteiger partial charge in [-0.05, 0) is 6.42 Å². The third-order valence-corrected chi connectivity index (χ3v) is 1.35. The quantitative estimate of drug-likeness (QED) is 0.556. The summed E-state index contributed by atoms with van der Waals surface area (Å²) in [6.07, 6.45) is 0.679. The zero-order chi connectivity index (χ0) is 6.15. The molecule has 0 bridgehead atoms. The van der Waals surface area contributed by atoms with E-state index in [4.69, 9.17) is 9.84 Å². The van der Waals surface area contributed by atoms with E-state index in [2.05, 4.69) is 0 Å². The third-order valence-electron chi connectivity index (χ3n) is 1.35. The van der Waals surface area contributed by atoms with Gasteiger partial charge in [-0.2, -0.15) is 0 Å². The van der Waals surface area contributed by atoms with Crippen molar-refractivity contribution in [3.05, 3.63) is 0 Å². The highest BCUT2D eigenvalue weighted by molar-refractivity contribution is 5.74. The van der Waals surface area contributed by atoms with Gasteiger partial charge in [0.25, 0.3) is 0 Å². The molecule has 0 aliphatic heterocycles. The van der Waals surface area contributed by atoms with Crippen LogP contribution in [0.3, 0.4) is 0 Å². The van der Waals surface area contributed by atoms with Crippen LogP contribution in [0.15, 0.2) is 0 Å². The zero-order valence-corrected chi connectivity index (χ0v) is 4.63. The van der Waals surface area contributed by atoms with Crippen molar-refractivity contribution in [2.24, 2.45) is 5.92 Å². The van der Waals surface area contributed by atoms with E-state index in [0.29, 0.717) is 6.42 Å². The molecule has 3 nitrogen and oxygen atoms in total.